The van der Waals surface area contributed by atoms with Gasteiger partial charge in [0.2, 0.25) is 0 Å². The molecule has 0 unspecified atom stereocenters. The Hall–Kier alpha value is -0.130. The molecule has 1 rings (SSSR count). The maximum absolute atomic E-state index is 10.9. The van der Waals surface area contributed by atoms with Gasteiger partial charge in [-0.05, 0) is 12.8 Å². The number of sulfone groups is 1. The molecule has 0 bridgehead atoms. The minimum absolute atomic E-state index is 0.0727. The van der Waals surface area contributed by atoms with Gasteiger partial charge in [-0.15, -0.1) is 0 Å². The van der Waals surface area contributed by atoms with Crippen molar-refractivity contribution >= 4 is 9.84 Å². The molecule has 1 fully saturated rings. The van der Waals surface area contributed by atoms with Crippen LogP contribution in [-0.2, 0) is 14.7 Å². The molecule has 1 saturated heterocycles. The normalized spacial score (nSPS) is 25.2. The molecule has 0 aromatic rings. The van der Waals surface area contributed by atoms with Gasteiger partial charge in [0, 0.05) is 7.05 Å². The van der Waals surface area contributed by atoms with Gasteiger partial charge in [0.05, 0.1) is 17.6 Å². The first-order valence-corrected chi connectivity index (χ1v) is 5.49. The molecule has 0 atom stereocenters. The molecule has 1 aliphatic heterocycles. The summed E-state index contributed by atoms with van der Waals surface area (Å²) in [6.07, 6.45) is 1.30. The van der Waals surface area contributed by atoms with Gasteiger partial charge in [0.25, 0.3) is 0 Å². The van der Waals surface area contributed by atoms with E-state index in [0.29, 0.717) is 12.8 Å². The summed E-state index contributed by atoms with van der Waals surface area (Å²) in [6, 6.07) is 0. The Kier molecular flexibility index (Phi) is 2.86. The number of nitrogens with one attached hydrogen (secondary N) is 1. The van der Waals surface area contributed by atoms with E-state index in [2.05, 4.69) is 5.48 Å². The Balaban J connectivity index is 2.36. The molecule has 1 N–H and O–H groups in total. The van der Waals surface area contributed by atoms with Crippen molar-refractivity contribution in [2.45, 2.75) is 18.9 Å². The van der Waals surface area contributed by atoms with Gasteiger partial charge in [-0.2, -0.15) is 0 Å². The van der Waals surface area contributed by atoms with Crippen LogP contribution in [0.2, 0.25) is 0 Å². The molecule has 0 spiro atoms. The van der Waals surface area contributed by atoms with Crippen LogP contribution in [0.1, 0.15) is 12.8 Å². The molecule has 1 heterocycles. The van der Waals surface area contributed by atoms with Crippen LogP contribution in [0.4, 0.5) is 0 Å². The van der Waals surface area contributed by atoms with E-state index >= 15 is 0 Å². The van der Waals surface area contributed by atoms with Gasteiger partial charge in [-0.25, -0.2) is 13.9 Å². The van der Waals surface area contributed by atoms with Gasteiger partial charge in [0.15, 0.2) is 9.84 Å². The second-order valence-corrected chi connectivity index (χ2v) is 4.98. The molecule has 11 heavy (non-hydrogen) atoms. The quantitative estimate of drug-likeness (QED) is 0.592. The first kappa shape index (κ1) is 8.96. The number of hydrogen-bond donors (Lipinski definition) is 1. The Bertz CT molecular complexity index is 198. The average Bonchev–Trinajstić information content (AvgIpc) is 1.94. The molecular weight excluding hydrogens is 166 g/mol. The maximum atomic E-state index is 10.9. The Morgan fingerprint density at radius 3 is 2.36 bits per heavy atom. The number of rotatable bonds is 2. The van der Waals surface area contributed by atoms with Crippen molar-refractivity contribution in [3.8, 4) is 0 Å². The molecule has 0 saturated carbocycles. The molecular formula is C6H13NO3S. The summed E-state index contributed by atoms with van der Waals surface area (Å²) in [5.74, 6) is 0.526. The highest BCUT2D eigenvalue weighted by atomic mass is 32.2. The Morgan fingerprint density at radius 1 is 1.36 bits per heavy atom. The third kappa shape index (κ3) is 2.76. The highest BCUT2D eigenvalue weighted by Crippen LogP contribution is 2.13. The lowest BCUT2D eigenvalue weighted by molar-refractivity contribution is -0.0163. The maximum Gasteiger partial charge on any atom is 0.150 e. The highest BCUT2D eigenvalue weighted by molar-refractivity contribution is 7.91. The summed E-state index contributed by atoms with van der Waals surface area (Å²) in [5, 5.41) is 0. The van der Waals surface area contributed by atoms with E-state index in [9.17, 15) is 8.42 Å². The predicted octanol–water partition coefficient (Wildman–Crippen LogP) is -0.285. The molecule has 1 aliphatic rings. The second kappa shape index (κ2) is 3.51. The van der Waals surface area contributed by atoms with Crippen LogP contribution in [0.5, 0.6) is 0 Å². The third-order valence-electron chi connectivity index (χ3n) is 1.79. The van der Waals surface area contributed by atoms with E-state index in [4.69, 9.17) is 4.84 Å². The van der Waals surface area contributed by atoms with Gasteiger partial charge < -0.3 is 0 Å². The summed E-state index contributed by atoms with van der Waals surface area (Å²) < 4.78 is 21.8. The van der Waals surface area contributed by atoms with Crippen molar-refractivity contribution in [1.82, 2.24) is 5.48 Å². The fourth-order valence-corrected chi connectivity index (χ4v) is 2.60. The van der Waals surface area contributed by atoms with Crippen LogP contribution >= 0.6 is 0 Å². The van der Waals surface area contributed by atoms with Crippen molar-refractivity contribution in [2.75, 3.05) is 18.6 Å². The molecule has 0 aromatic carbocycles. The highest BCUT2D eigenvalue weighted by Gasteiger charge is 2.23. The summed E-state index contributed by atoms with van der Waals surface area (Å²) in [5.41, 5.74) is 2.57. The zero-order valence-electron chi connectivity index (χ0n) is 6.54. The van der Waals surface area contributed by atoms with Gasteiger partial charge in [-0.1, -0.05) is 0 Å². The second-order valence-electron chi connectivity index (χ2n) is 2.67. The number of hydrogen-bond acceptors (Lipinski definition) is 4. The van der Waals surface area contributed by atoms with Crippen LogP contribution in [0.15, 0.2) is 0 Å². The fraction of sp³-hybridized carbons (Fsp3) is 1.00. The molecule has 0 aromatic heterocycles. The lowest BCUT2D eigenvalue weighted by Gasteiger charge is -2.20. The van der Waals surface area contributed by atoms with Gasteiger partial charge in [-0.3, -0.25) is 4.84 Å². The minimum Gasteiger partial charge on any atom is -0.299 e. The Morgan fingerprint density at radius 2 is 1.91 bits per heavy atom. The van der Waals surface area contributed by atoms with E-state index in [1.165, 1.54) is 0 Å². The molecule has 4 nitrogen and oxygen atoms in total. The van der Waals surface area contributed by atoms with Gasteiger partial charge >= 0.3 is 0 Å². The summed E-state index contributed by atoms with van der Waals surface area (Å²) in [7, 11) is -1.06. The lowest BCUT2D eigenvalue weighted by Crippen LogP contribution is -2.31. The smallest absolute Gasteiger partial charge is 0.150 e. The molecule has 5 heteroatoms. The molecule has 0 radical (unpaired) electrons. The first-order valence-electron chi connectivity index (χ1n) is 3.67. The summed E-state index contributed by atoms with van der Waals surface area (Å²) in [4.78, 5) is 5.06. The lowest BCUT2D eigenvalue weighted by atomic mass is 10.2. The van der Waals surface area contributed by atoms with Crippen molar-refractivity contribution in [3.05, 3.63) is 0 Å². The standard InChI is InChI=1S/C6H13NO3S/c1-7-10-6-2-4-11(8,9)5-3-6/h6-7H,2-5H2,1H3. The summed E-state index contributed by atoms with van der Waals surface area (Å²) in [6.45, 7) is 0. The largest absolute Gasteiger partial charge is 0.299 e. The zero-order chi connectivity index (χ0) is 8.32. The van der Waals surface area contributed by atoms with Crippen molar-refractivity contribution in [1.29, 1.82) is 0 Å². The van der Waals surface area contributed by atoms with Gasteiger partial charge in [0.1, 0.15) is 0 Å². The fourth-order valence-electron chi connectivity index (χ4n) is 1.15. The zero-order valence-corrected chi connectivity index (χ0v) is 7.36. The van der Waals surface area contributed by atoms with E-state index in [0.717, 1.165) is 0 Å². The van der Waals surface area contributed by atoms with E-state index in [1.54, 1.807) is 7.05 Å². The monoisotopic (exact) mass is 179 g/mol. The predicted molar refractivity (Wildman–Crippen MR) is 41.8 cm³/mol. The SMILES string of the molecule is CNOC1CCS(=O)(=O)CC1. The first-order chi connectivity index (χ1) is 5.14. The molecule has 0 aliphatic carbocycles. The van der Waals surface area contributed by atoms with Crippen LogP contribution in [-0.4, -0.2) is 33.1 Å². The minimum atomic E-state index is -2.74. The van der Waals surface area contributed by atoms with Crippen molar-refractivity contribution in [3.63, 3.8) is 0 Å². The third-order valence-corrected chi connectivity index (χ3v) is 3.50. The van der Waals surface area contributed by atoms with Crippen LogP contribution in [0.3, 0.4) is 0 Å². The Labute approximate surface area is 66.8 Å². The van der Waals surface area contributed by atoms with Crippen LogP contribution in [0.25, 0.3) is 0 Å². The number of hydroxylamine groups is 1. The van der Waals surface area contributed by atoms with Crippen molar-refractivity contribution < 1.29 is 13.3 Å². The van der Waals surface area contributed by atoms with Crippen LogP contribution in [0, 0.1) is 0 Å². The average molecular weight is 179 g/mol. The van der Waals surface area contributed by atoms with E-state index < -0.39 is 9.84 Å². The van der Waals surface area contributed by atoms with Crippen LogP contribution < -0.4 is 5.48 Å². The van der Waals surface area contributed by atoms with E-state index in [1.807, 2.05) is 0 Å². The molecule has 66 valence electrons. The summed E-state index contributed by atoms with van der Waals surface area (Å²) >= 11 is 0. The van der Waals surface area contributed by atoms with E-state index in [-0.39, 0.29) is 17.6 Å². The molecule has 0 amide bonds. The topological polar surface area (TPSA) is 55.4 Å². The van der Waals surface area contributed by atoms with Crippen molar-refractivity contribution in [2.24, 2.45) is 0 Å².